The summed E-state index contributed by atoms with van der Waals surface area (Å²) < 4.78 is 7.36. The van der Waals surface area contributed by atoms with Crippen LogP contribution in [-0.4, -0.2) is 34.0 Å². The van der Waals surface area contributed by atoms with Crippen molar-refractivity contribution in [3.63, 3.8) is 0 Å². The zero-order chi connectivity index (χ0) is 14.1. The minimum absolute atomic E-state index is 0.453. The maximum Gasteiger partial charge on any atom is 0.140 e. The first-order valence-electron chi connectivity index (χ1n) is 7.47. The molecule has 0 radical (unpaired) electrons. The molecule has 0 saturated carbocycles. The maximum atomic E-state index is 5.27. The highest BCUT2D eigenvalue weighted by Gasteiger charge is 2.27. The minimum Gasteiger partial charge on any atom is -0.497 e. The van der Waals surface area contributed by atoms with Gasteiger partial charge in [-0.2, -0.15) is 0 Å². The molecule has 1 aliphatic heterocycles. The third-order valence-electron chi connectivity index (χ3n) is 4.23. The molecule has 2 aromatic rings. The number of imidazole rings is 1. The summed E-state index contributed by atoms with van der Waals surface area (Å²) in [7, 11) is 1.69. The van der Waals surface area contributed by atoms with Crippen molar-refractivity contribution in [2.24, 2.45) is 0 Å². The molecule has 0 aliphatic carbocycles. The summed E-state index contributed by atoms with van der Waals surface area (Å²) in [5, 5.41) is 0. The van der Waals surface area contributed by atoms with Gasteiger partial charge >= 0.3 is 0 Å². The molecule has 0 spiro atoms. The largest absolute Gasteiger partial charge is 0.497 e. The number of nitrogens with zero attached hydrogens (tertiary/aromatic N) is 3. The molecule has 3 heterocycles. The Balaban J connectivity index is 1.95. The molecule has 0 bridgehead atoms. The second-order valence-electron chi connectivity index (χ2n) is 5.84. The van der Waals surface area contributed by atoms with Gasteiger partial charge < -0.3 is 9.14 Å². The van der Waals surface area contributed by atoms with Crippen LogP contribution in [0.3, 0.4) is 0 Å². The number of hydrogen-bond acceptors (Lipinski definition) is 3. The van der Waals surface area contributed by atoms with Gasteiger partial charge in [0.15, 0.2) is 0 Å². The quantitative estimate of drug-likeness (QED) is 0.859. The van der Waals surface area contributed by atoms with Crippen LogP contribution < -0.4 is 4.74 Å². The number of likely N-dealkylation sites (tertiary alicyclic amines) is 1. The highest BCUT2D eigenvalue weighted by atomic mass is 16.5. The molecule has 1 fully saturated rings. The second kappa shape index (κ2) is 5.44. The molecule has 1 aliphatic rings. The van der Waals surface area contributed by atoms with E-state index in [4.69, 9.17) is 9.72 Å². The highest BCUT2D eigenvalue weighted by molar-refractivity contribution is 5.46. The van der Waals surface area contributed by atoms with Crippen molar-refractivity contribution >= 4 is 5.65 Å². The van der Waals surface area contributed by atoms with Gasteiger partial charge in [0.25, 0.3) is 0 Å². The molecule has 0 amide bonds. The Bertz CT molecular complexity index is 590. The van der Waals surface area contributed by atoms with E-state index in [1.54, 1.807) is 7.11 Å². The van der Waals surface area contributed by atoms with Crippen molar-refractivity contribution in [2.45, 2.75) is 45.2 Å². The van der Waals surface area contributed by atoms with E-state index in [1.807, 2.05) is 18.3 Å². The zero-order valence-electron chi connectivity index (χ0n) is 12.5. The van der Waals surface area contributed by atoms with Crippen molar-refractivity contribution in [1.82, 2.24) is 14.3 Å². The van der Waals surface area contributed by atoms with Crippen LogP contribution in [0.25, 0.3) is 5.65 Å². The summed E-state index contributed by atoms with van der Waals surface area (Å²) in [4.78, 5) is 7.39. The summed E-state index contributed by atoms with van der Waals surface area (Å²) in [5.41, 5.74) is 2.15. The smallest absolute Gasteiger partial charge is 0.140 e. The predicted octanol–water partition coefficient (Wildman–Crippen LogP) is 3.28. The first kappa shape index (κ1) is 13.4. The maximum absolute atomic E-state index is 5.27. The van der Waals surface area contributed by atoms with E-state index in [0.717, 1.165) is 11.4 Å². The summed E-state index contributed by atoms with van der Waals surface area (Å²) in [6.45, 7) is 5.73. The molecular formula is C16H23N3O. The summed E-state index contributed by atoms with van der Waals surface area (Å²) in [5.74, 6) is 0.860. The predicted molar refractivity (Wildman–Crippen MR) is 80.2 cm³/mol. The Morgan fingerprint density at radius 1 is 1.35 bits per heavy atom. The van der Waals surface area contributed by atoms with E-state index in [0.29, 0.717) is 12.1 Å². The SMILES string of the molecule is COc1ccn2cc(C3CCCCN3C(C)C)nc2c1. The number of piperidine rings is 1. The Kier molecular flexibility index (Phi) is 3.66. The van der Waals surface area contributed by atoms with Gasteiger partial charge in [-0.25, -0.2) is 4.98 Å². The molecule has 108 valence electrons. The molecule has 2 aromatic heterocycles. The van der Waals surface area contributed by atoms with Crippen LogP contribution in [0, 0.1) is 0 Å². The van der Waals surface area contributed by atoms with Crippen molar-refractivity contribution in [2.75, 3.05) is 13.7 Å². The lowest BCUT2D eigenvalue weighted by molar-refractivity contribution is 0.109. The van der Waals surface area contributed by atoms with Crippen LogP contribution >= 0.6 is 0 Å². The van der Waals surface area contributed by atoms with E-state index in [-0.39, 0.29) is 0 Å². The number of fused-ring (bicyclic) bond motifs is 1. The monoisotopic (exact) mass is 273 g/mol. The lowest BCUT2D eigenvalue weighted by Crippen LogP contribution is -2.38. The molecule has 1 saturated heterocycles. The van der Waals surface area contributed by atoms with Gasteiger partial charge in [0, 0.05) is 24.5 Å². The Morgan fingerprint density at radius 2 is 2.20 bits per heavy atom. The van der Waals surface area contributed by atoms with Gasteiger partial charge in [0.1, 0.15) is 11.4 Å². The van der Waals surface area contributed by atoms with Gasteiger partial charge in [0.2, 0.25) is 0 Å². The van der Waals surface area contributed by atoms with Crippen molar-refractivity contribution in [3.8, 4) is 5.75 Å². The lowest BCUT2D eigenvalue weighted by Gasteiger charge is -2.37. The van der Waals surface area contributed by atoms with Gasteiger partial charge in [0.05, 0.1) is 18.8 Å². The van der Waals surface area contributed by atoms with Gasteiger partial charge in [-0.15, -0.1) is 0 Å². The van der Waals surface area contributed by atoms with Gasteiger partial charge in [-0.3, -0.25) is 4.90 Å². The fourth-order valence-corrected chi connectivity index (χ4v) is 3.16. The Hall–Kier alpha value is -1.55. The molecular weight excluding hydrogens is 250 g/mol. The molecule has 4 heteroatoms. The number of hydrogen-bond donors (Lipinski definition) is 0. The minimum atomic E-state index is 0.453. The van der Waals surface area contributed by atoms with Crippen molar-refractivity contribution < 1.29 is 4.74 Å². The summed E-state index contributed by atoms with van der Waals surface area (Å²) >= 11 is 0. The zero-order valence-corrected chi connectivity index (χ0v) is 12.5. The first-order valence-corrected chi connectivity index (χ1v) is 7.47. The fourth-order valence-electron chi connectivity index (χ4n) is 3.16. The number of rotatable bonds is 3. The third-order valence-corrected chi connectivity index (χ3v) is 4.23. The van der Waals surface area contributed by atoms with Crippen LogP contribution in [0.5, 0.6) is 5.75 Å². The Labute approximate surface area is 120 Å². The number of ether oxygens (including phenoxy) is 1. The summed E-state index contributed by atoms with van der Waals surface area (Å²) in [6.07, 6.45) is 7.99. The molecule has 0 N–H and O–H groups in total. The molecule has 20 heavy (non-hydrogen) atoms. The van der Waals surface area contributed by atoms with Gasteiger partial charge in [-0.1, -0.05) is 6.42 Å². The van der Waals surface area contributed by atoms with Crippen LogP contribution in [0.15, 0.2) is 24.5 Å². The van der Waals surface area contributed by atoms with Crippen LogP contribution in [0.2, 0.25) is 0 Å². The van der Waals surface area contributed by atoms with E-state index in [1.165, 1.54) is 31.5 Å². The lowest BCUT2D eigenvalue weighted by atomic mass is 9.98. The summed E-state index contributed by atoms with van der Waals surface area (Å²) in [6, 6.07) is 4.99. The molecule has 3 rings (SSSR count). The van der Waals surface area contributed by atoms with Crippen LogP contribution in [0.4, 0.5) is 0 Å². The molecule has 1 unspecified atom stereocenters. The number of methoxy groups -OCH3 is 1. The van der Waals surface area contributed by atoms with Crippen molar-refractivity contribution in [1.29, 1.82) is 0 Å². The molecule has 4 nitrogen and oxygen atoms in total. The van der Waals surface area contributed by atoms with E-state index in [2.05, 4.69) is 29.3 Å². The van der Waals surface area contributed by atoms with E-state index in [9.17, 15) is 0 Å². The van der Waals surface area contributed by atoms with Gasteiger partial charge in [-0.05, 0) is 39.3 Å². The van der Waals surface area contributed by atoms with Crippen molar-refractivity contribution in [3.05, 3.63) is 30.2 Å². The van der Waals surface area contributed by atoms with Crippen LogP contribution in [-0.2, 0) is 0 Å². The average molecular weight is 273 g/mol. The fraction of sp³-hybridized carbons (Fsp3) is 0.562. The highest BCUT2D eigenvalue weighted by Crippen LogP contribution is 2.32. The normalized spacial score (nSPS) is 20.7. The van der Waals surface area contributed by atoms with E-state index >= 15 is 0 Å². The first-order chi connectivity index (χ1) is 9.69. The van der Waals surface area contributed by atoms with Crippen LogP contribution in [0.1, 0.15) is 44.8 Å². The second-order valence-corrected chi connectivity index (χ2v) is 5.84. The number of pyridine rings is 1. The molecule has 0 aromatic carbocycles. The Morgan fingerprint density at radius 3 is 2.95 bits per heavy atom. The standard InChI is InChI=1S/C16H23N3O/c1-12(2)19-8-5-4-6-15(19)14-11-18-9-7-13(20-3)10-16(18)17-14/h7,9-12,15H,4-6,8H2,1-3H3. The third kappa shape index (κ3) is 2.40. The average Bonchev–Trinajstić information content (AvgIpc) is 2.89. The molecule has 1 atom stereocenters. The topological polar surface area (TPSA) is 29.8 Å². The number of aromatic nitrogens is 2. The van der Waals surface area contributed by atoms with E-state index < -0.39 is 0 Å².